The third-order valence-electron chi connectivity index (χ3n) is 2.35. The zero-order valence-corrected chi connectivity index (χ0v) is 12.7. The summed E-state index contributed by atoms with van der Waals surface area (Å²) in [5, 5.41) is 8.07. The third-order valence-corrected chi connectivity index (χ3v) is 3.57. The number of hydrogen-bond donors (Lipinski definition) is 1. The van der Waals surface area contributed by atoms with Crippen molar-refractivity contribution in [2.75, 3.05) is 11.9 Å². The molecular weight excluding hydrogens is 333 g/mol. The van der Waals surface area contributed by atoms with E-state index in [9.17, 15) is 4.39 Å². The predicted molar refractivity (Wildman–Crippen MR) is 77.1 cm³/mol. The standard InChI is InChI=1S/C12H13BrFN3OS/c1-2-5-15-12-10(16-17-19-12)7-18-11-4-3-8(13)6-9(11)14/h3-4,6,15H,2,5,7H2,1H3. The van der Waals surface area contributed by atoms with Crippen molar-refractivity contribution in [3.05, 3.63) is 34.2 Å². The van der Waals surface area contributed by atoms with Crippen molar-refractivity contribution in [3.8, 4) is 5.75 Å². The molecule has 1 aromatic heterocycles. The van der Waals surface area contributed by atoms with Crippen LogP contribution in [0.4, 0.5) is 9.39 Å². The fourth-order valence-corrected chi connectivity index (χ4v) is 2.34. The Morgan fingerprint density at radius 3 is 3.05 bits per heavy atom. The Morgan fingerprint density at radius 1 is 1.47 bits per heavy atom. The summed E-state index contributed by atoms with van der Waals surface area (Å²) in [5.41, 5.74) is 0.695. The molecule has 0 amide bonds. The largest absolute Gasteiger partial charge is 0.484 e. The number of rotatable bonds is 6. The minimum Gasteiger partial charge on any atom is -0.484 e. The molecule has 0 aliphatic carbocycles. The van der Waals surface area contributed by atoms with E-state index in [1.165, 1.54) is 17.6 Å². The normalized spacial score (nSPS) is 10.5. The zero-order valence-electron chi connectivity index (χ0n) is 10.3. The number of nitrogens with zero attached hydrogens (tertiary/aromatic N) is 2. The number of nitrogens with one attached hydrogen (secondary N) is 1. The molecule has 0 saturated carbocycles. The quantitative estimate of drug-likeness (QED) is 0.863. The Kier molecular flexibility index (Phi) is 5.09. The van der Waals surface area contributed by atoms with Crippen molar-refractivity contribution in [3.63, 3.8) is 0 Å². The van der Waals surface area contributed by atoms with Crippen LogP contribution in [0.15, 0.2) is 22.7 Å². The number of benzene rings is 1. The highest BCUT2D eigenvalue weighted by atomic mass is 79.9. The predicted octanol–water partition coefficient (Wildman–Crippen LogP) is 3.84. The fourth-order valence-electron chi connectivity index (χ4n) is 1.41. The van der Waals surface area contributed by atoms with Gasteiger partial charge in [0.2, 0.25) is 0 Å². The summed E-state index contributed by atoms with van der Waals surface area (Å²) in [4.78, 5) is 0. The minimum atomic E-state index is -0.402. The van der Waals surface area contributed by atoms with Gasteiger partial charge in [-0.1, -0.05) is 27.3 Å². The van der Waals surface area contributed by atoms with Crippen LogP contribution in [-0.4, -0.2) is 16.1 Å². The molecule has 7 heteroatoms. The van der Waals surface area contributed by atoms with E-state index in [2.05, 4.69) is 37.8 Å². The Bertz CT molecular complexity index is 550. The number of halogens is 2. The van der Waals surface area contributed by atoms with Crippen molar-refractivity contribution < 1.29 is 9.13 Å². The van der Waals surface area contributed by atoms with E-state index in [-0.39, 0.29) is 12.4 Å². The molecule has 2 aromatic rings. The van der Waals surface area contributed by atoms with Crippen LogP contribution in [0.1, 0.15) is 19.0 Å². The monoisotopic (exact) mass is 345 g/mol. The summed E-state index contributed by atoms with van der Waals surface area (Å²) < 4.78 is 23.6. The number of ether oxygens (including phenoxy) is 1. The summed E-state index contributed by atoms with van der Waals surface area (Å²) >= 11 is 4.48. The lowest BCUT2D eigenvalue weighted by Gasteiger charge is -2.07. The lowest BCUT2D eigenvalue weighted by Crippen LogP contribution is -2.04. The maximum Gasteiger partial charge on any atom is 0.166 e. The van der Waals surface area contributed by atoms with Gasteiger partial charge in [0.05, 0.1) is 0 Å². The van der Waals surface area contributed by atoms with Crippen LogP contribution in [0.25, 0.3) is 0 Å². The van der Waals surface area contributed by atoms with Crippen LogP contribution in [0.2, 0.25) is 0 Å². The molecule has 0 radical (unpaired) electrons. The van der Waals surface area contributed by atoms with Gasteiger partial charge in [-0.3, -0.25) is 0 Å². The molecule has 0 unspecified atom stereocenters. The Balaban J connectivity index is 2.00. The Hall–Kier alpha value is -1.21. The summed E-state index contributed by atoms with van der Waals surface area (Å²) in [7, 11) is 0. The molecule has 0 spiro atoms. The maximum absolute atomic E-state index is 13.6. The van der Waals surface area contributed by atoms with Gasteiger partial charge in [0.15, 0.2) is 11.6 Å². The molecule has 4 nitrogen and oxygen atoms in total. The molecule has 0 atom stereocenters. The van der Waals surface area contributed by atoms with Crippen LogP contribution in [0, 0.1) is 5.82 Å². The lowest BCUT2D eigenvalue weighted by molar-refractivity contribution is 0.286. The topological polar surface area (TPSA) is 47.0 Å². The Labute approximate surface area is 123 Å². The van der Waals surface area contributed by atoms with Gasteiger partial charge < -0.3 is 10.1 Å². The number of anilines is 1. The van der Waals surface area contributed by atoms with Gasteiger partial charge in [-0.2, -0.15) is 0 Å². The zero-order chi connectivity index (χ0) is 13.7. The molecule has 0 bridgehead atoms. The van der Waals surface area contributed by atoms with Crippen molar-refractivity contribution in [1.82, 2.24) is 9.59 Å². The molecule has 0 aliphatic heterocycles. The lowest BCUT2D eigenvalue weighted by atomic mass is 10.3. The van der Waals surface area contributed by atoms with Crippen LogP contribution in [0.3, 0.4) is 0 Å². The van der Waals surface area contributed by atoms with E-state index >= 15 is 0 Å². The van der Waals surface area contributed by atoms with E-state index in [4.69, 9.17) is 4.74 Å². The van der Waals surface area contributed by atoms with E-state index in [0.29, 0.717) is 10.2 Å². The molecular formula is C12H13BrFN3OS. The number of hydrogen-bond acceptors (Lipinski definition) is 5. The van der Waals surface area contributed by atoms with Gasteiger partial charge in [0.25, 0.3) is 0 Å². The van der Waals surface area contributed by atoms with E-state index < -0.39 is 5.82 Å². The van der Waals surface area contributed by atoms with Crippen LogP contribution < -0.4 is 10.1 Å². The van der Waals surface area contributed by atoms with Crippen LogP contribution in [-0.2, 0) is 6.61 Å². The summed E-state index contributed by atoms with van der Waals surface area (Å²) in [6.07, 6.45) is 1.01. The van der Waals surface area contributed by atoms with Crippen molar-refractivity contribution >= 4 is 32.5 Å². The average molecular weight is 346 g/mol. The molecule has 1 heterocycles. The second kappa shape index (κ2) is 6.81. The van der Waals surface area contributed by atoms with Gasteiger partial charge in [0, 0.05) is 22.5 Å². The molecule has 0 aliphatic rings. The molecule has 1 aromatic carbocycles. The minimum absolute atomic E-state index is 0.196. The van der Waals surface area contributed by atoms with Crippen LogP contribution in [0.5, 0.6) is 5.75 Å². The highest BCUT2D eigenvalue weighted by molar-refractivity contribution is 9.10. The van der Waals surface area contributed by atoms with Gasteiger partial charge in [0.1, 0.15) is 17.3 Å². The Morgan fingerprint density at radius 2 is 2.32 bits per heavy atom. The van der Waals surface area contributed by atoms with Gasteiger partial charge in [-0.25, -0.2) is 4.39 Å². The molecule has 19 heavy (non-hydrogen) atoms. The van der Waals surface area contributed by atoms with E-state index in [1.807, 2.05) is 0 Å². The average Bonchev–Trinajstić information content (AvgIpc) is 2.83. The van der Waals surface area contributed by atoms with Crippen molar-refractivity contribution in [2.45, 2.75) is 20.0 Å². The summed E-state index contributed by atoms with van der Waals surface area (Å²) in [6, 6.07) is 4.68. The van der Waals surface area contributed by atoms with E-state index in [0.717, 1.165) is 18.0 Å². The molecule has 0 saturated heterocycles. The molecule has 0 fully saturated rings. The molecule has 2 rings (SSSR count). The van der Waals surface area contributed by atoms with Crippen molar-refractivity contribution in [1.29, 1.82) is 0 Å². The second-order valence-corrected chi connectivity index (χ2v) is 5.51. The highest BCUT2D eigenvalue weighted by Gasteiger charge is 2.10. The highest BCUT2D eigenvalue weighted by Crippen LogP contribution is 2.24. The smallest absolute Gasteiger partial charge is 0.166 e. The molecule has 1 N–H and O–H groups in total. The fraction of sp³-hybridized carbons (Fsp3) is 0.333. The number of aromatic nitrogens is 2. The van der Waals surface area contributed by atoms with Crippen molar-refractivity contribution in [2.24, 2.45) is 0 Å². The first kappa shape index (κ1) is 14.2. The SMILES string of the molecule is CCCNc1snnc1COc1ccc(Br)cc1F. The first-order valence-corrected chi connectivity index (χ1v) is 7.40. The maximum atomic E-state index is 13.6. The first-order valence-electron chi connectivity index (χ1n) is 5.83. The van der Waals surface area contributed by atoms with Gasteiger partial charge >= 0.3 is 0 Å². The molecule has 102 valence electrons. The summed E-state index contributed by atoms with van der Waals surface area (Å²) in [5.74, 6) is -0.196. The third kappa shape index (κ3) is 3.87. The summed E-state index contributed by atoms with van der Waals surface area (Å²) in [6.45, 7) is 3.12. The second-order valence-electron chi connectivity index (χ2n) is 3.84. The first-order chi connectivity index (χ1) is 9.20. The van der Waals surface area contributed by atoms with Gasteiger partial charge in [-0.05, 0) is 24.6 Å². The van der Waals surface area contributed by atoms with E-state index in [1.54, 1.807) is 12.1 Å². The van der Waals surface area contributed by atoms with Crippen LogP contribution >= 0.6 is 27.5 Å². The van der Waals surface area contributed by atoms with Gasteiger partial charge in [-0.15, -0.1) is 5.10 Å².